The third-order valence-corrected chi connectivity index (χ3v) is 3.95. The van der Waals surface area contributed by atoms with Crippen LogP contribution < -0.4 is 0 Å². The molecule has 0 aromatic carbocycles. The van der Waals surface area contributed by atoms with Gasteiger partial charge in [0.2, 0.25) is 0 Å². The number of hydrogen-bond acceptors (Lipinski definition) is 2. The first kappa shape index (κ1) is 19.9. The summed E-state index contributed by atoms with van der Waals surface area (Å²) < 4.78 is 0. The van der Waals surface area contributed by atoms with Gasteiger partial charge in [0.25, 0.3) is 0 Å². The molecule has 0 spiro atoms. The van der Waals surface area contributed by atoms with Crippen molar-refractivity contribution in [2.75, 3.05) is 0 Å². The summed E-state index contributed by atoms with van der Waals surface area (Å²) in [5, 5.41) is 17.6. The minimum absolute atomic E-state index is 0.152. The highest BCUT2D eigenvalue weighted by Crippen LogP contribution is 2.18. The largest absolute Gasteiger partial charge is 0.481 e. The van der Waals surface area contributed by atoms with Crippen LogP contribution in [0.4, 0.5) is 0 Å². The zero-order valence-electron chi connectivity index (χ0n) is 13.5. The number of carboxylic acids is 2. The maximum Gasteiger partial charge on any atom is 0.306 e. The van der Waals surface area contributed by atoms with Crippen molar-refractivity contribution in [1.29, 1.82) is 0 Å². The van der Waals surface area contributed by atoms with Crippen LogP contribution in [0, 0.1) is 5.92 Å². The second-order valence-corrected chi connectivity index (χ2v) is 5.94. The summed E-state index contributed by atoms with van der Waals surface area (Å²) in [7, 11) is 0. The third-order valence-electron chi connectivity index (χ3n) is 3.95. The van der Waals surface area contributed by atoms with Crippen molar-refractivity contribution in [3.8, 4) is 0 Å². The standard InChI is InChI=1S/C17H32O4/c1-2-3-12-15(17(20)21)13-10-8-6-4-5-7-9-11-14-16(18)19/h15H,2-14H2,1H3,(H,18,19)(H,20,21). The molecule has 0 amide bonds. The summed E-state index contributed by atoms with van der Waals surface area (Å²) in [6.07, 6.45) is 12.5. The van der Waals surface area contributed by atoms with Crippen LogP contribution in [0.15, 0.2) is 0 Å². The Labute approximate surface area is 128 Å². The van der Waals surface area contributed by atoms with Crippen LogP contribution in [0.25, 0.3) is 0 Å². The van der Waals surface area contributed by atoms with E-state index in [1.54, 1.807) is 0 Å². The van der Waals surface area contributed by atoms with Gasteiger partial charge in [0.1, 0.15) is 0 Å². The van der Waals surface area contributed by atoms with E-state index in [1.165, 1.54) is 12.8 Å². The molecule has 0 aliphatic carbocycles. The van der Waals surface area contributed by atoms with Crippen LogP contribution in [0.2, 0.25) is 0 Å². The van der Waals surface area contributed by atoms with Gasteiger partial charge in [-0.1, -0.05) is 64.7 Å². The molecule has 0 radical (unpaired) electrons. The number of carboxylic acid groups (broad SMARTS) is 2. The Hall–Kier alpha value is -1.06. The van der Waals surface area contributed by atoms with Crippen LogP contribution in [0.1, 0.15) is 90.4 Å². The fraction of sp³-hybridized carbons (Fsp3) is 0.882. The van der Waals surface area contributed by atoms with Crippen LogP contribution in [0.3, 0.4) is 0 Å². The lowest BCUT2D eigenvalue weighted by atomic mass is 9.95. The van der Waals surface area contributed by atoms with Crippen molar-refractivity contribution in [2.45, 2.75) is 90.4 Å². The third kappa shape index (κ3) is 13.7. The zero-order chi connectivity index (χ0) is 15.9. The van der Waals surface area contributed by atoms with E-state index in [9.17, 15) is 9.59 Å². The summed E-state index contributed by atoms with van der Waals surface area (Å²) in [5.74, 6) is -1.49. The van der Waals surface area contributed by atoms with E-state index in [0.717, 1.165) is 64.2 Å². The van der Waals surface area contributed by atoms with Gasteiger partial charge in [-0.3, -0.25) is 9.59 Å². The highest BCUT2D eigenvalue weighted by Gasteiger charge is 2.15. The summed E-state index contributed by atoms with van der Waals surface area (Å²) in [4.78, 5) is 21.4. The van der Waals surface area contributed by atoms with Gasteiger partial charge in [-0.15, -0.1) is 0 Å². The molecule has 0 rings (SSSR count). The molecule has 0 aliphatic heterocycles. The fourth-order valence-electron chi connectivity index (χ4n) is 2.57. The maximum absolute atomic E-state index is 11.1. The number of unbranched alkanes of at least 4 members (excludes halogenated alkanes) is 8. The van der Waals surface area contributed by atoms with Gasteiger partial charge in [-0.05, 0) is 19.3 Å². The lowest BCUT2D eigenvalue weighted by Crippen LogP contribution is -2.13. The van der Waals surface area contributed by atoms with Crippen molar-refractivity contribution in [3.63, 3.8) is 0 Å². The van der Waals surface area contributed by atoms with E-state index in [2.05, 4.69) is 6.92 Å². The molecule has 4 heteroatoms. The van der Waals surface area contributed by atoms with E-state index >= 15 is 0 Å². The Morgan fingerprint density at radius 3 is 1.71 bits per heavy atom. The molecule has 0 bridgehead atoms. The number of rotatable bonds is 15. The van der Waals surface area contributed by atoms with Crippen molar-refractivity contribution in [1.82, 2.24) is 0 Å². The Bertz CT molecular complexity index is 276. The van der Waals surface area contributed by atoms with Crippen molar-refractivity contribution in [2.24, 2.45) is 5.92 Å². The second-order valence-electron chi connectivity index (χ2n) is 5.94. The molecule has 0 saturated carbocycles. The highest BCUT2D eigenvalue weighted by molar-refractivity contribution is 5.69. The van der Waals surface area contributed by atoms with Gasteiger partial charge < -0.3 is 10.2 Å². The molecule has 0 saturated heterocycles. The van der Waals surface area contributed by atoms with Gasteiger partial charge in [0.05, 0.1) is 5.92 Å². The topological polar surface area (TPSA) is 74.6 Å². The fourth-order valence-corrected chi connectivity index (χ4v) is 2.57. The van der Waals surface area contributed by atoms with Gasteiger partial charge in [0.15, 0.2) is 0 Å². The molecule has 0 aromatic rings. The number of hydrogen-bond donors (Lipinski definition) is 2. The molecule has 1 atom stereocenters. The normalized spacial score (nSPS) is 12.2. The Kier molecular flexibility index (Phi) is 13.2. The second kappa shape index (κ2) is 13.9. The molecular formula is C17H32O4. The highest BCUT2D eigenvalue weighted by atomic mass is 16.4. The maximum atomic E-state index is 11.1. The summed E-state index contributed by atoms with van der Waals surface area (Å²) >= 11 is 0. The first-order valence-corrected chi connectivity index (χ1v) is 8.52. The van der Waals surface area contributed by atoms with Crippen LogP contribution in [0.5, 0.6) is 0 Å². The number of carbonyl (C=O) groups is 2. The van der Waals surface area contributed by atoms with Crippen LogP contribution in [-0.2, 0) is 9.59 Å². The Morgan fingerprint density at radius 1 is 0.762 bits per heavy atom. The Morgan fingerprint density at radius 2 is 1.24 bits per heavy atom. The summed E-state index contributed by atoms with van der Waals surface area (Å²) in [6, 6.07) is 0. The first-order valence-electron chi connectivity index (χ1n) is 8.52. The predicted octanol–water partition coefficient (Wildman–Crippen LogP) is 4.86. The van der Waals surface area contributed by atoms with Crippen molar-refractivity contribution >= 4 is 11.9 Å². The smallest absolute Gasteiger partial charge is 0.306 e. The molecule has 4 nitrogen and oxygen atoms in total. The molecule has 1 unspecified atom stereocenters. The monoisotopic (exact) mass is 300 g/mol. The summed E-state index contributed by atoms with van der Waals surface area (Å²) in [5.41, 5.74) is 0. The van der Waals surface area contributed by atoms with E-state index in [4.69, 9.17) is 10.2 Å². The lowest BCUT2D eigenvalue weighted by Gasteiger charge is -2.11. The van der Waals surface area contributed by atoms with Gasteiger partial charge in [0, 0.05) is 6.42 Å². The quantitative estimate of drug-likeness (QED) is 0.423. The van der Waals surface area contributed by atoms with Crippen LogP contribution >= 0.6 is 0 Å². The minimum atomic E-state index is -0.703. The van der Waals surface area contributed by atoms with Gasteiger partial charge >= 0.3 is 11.9 Å². The average Bonchev–Trinajstić information content (AvgIpc) is 2.43. The number of aliphatic carboxylic acids is 2. The molecule has 0 aromatic heterocycles. The average molecular weight is 300 g/mol. The first-order chi connectivity index (χ1) is 10.1. The lowest BCUT2D eigenvalue weighted by molar-refractivity contribution is -0.142. The summed E-state index contributed by atoms with van der Waals surface area (Å²) in [6.45, 7) is 2.09. The van der Waals surface area contributed by atoms with Gasteiger partial charge in [-0.2, -0.15) is 0 Å². The van der Waals surface area contributed by atoms with E-state index in [-0.39, 0.29) is 12.3 Å². The molecule has 21 heavy (non-hydrogen) atoms. The van der Waals surface area contributed by atoms with E-state index < -0.39 is 11.9 Å². The van der Waals surface area contributed by atoms with Gasteiger partial charge in [-0.25, -0.2) is 0 Å². The molecule has 124 valence electrons. The zero-order valence-corrected chi connectivity index (χ0v) is 13.5. The molecule has 0 heterocycles. The molecule has 2 N–H and O–H groups in total. The van der Waals surface area contributed by atoms with Crippen molar-refractivity contribution < 1.29 is 19.8 Å². The SMILES string of the molecule is CCCCC(CCCCCCCCCCC(=O)O)C(=O)O. The molecule has 0 aliphatic rings. The van der Waals surface area contributed by atoms with E-state index in [0.29, 0.717) is 0 Å². The predicted molar refractivity (Wildman–Crippen MR) is 84.5 cm³/mol. The molecular weight excluding hydrogens is 268 g/mol. The minimum Gasteiger partial charge on any atom is -0.481 e. The van der Waals surface area contributed by atoms with Crippen molar-refractivity contribution in [3.05, 3.63) is 0 Å². The van der Waals surface area contributed by atoms with E-state index in [1.807, 2.05) is 0 Å². The van der Waals surface area contributed by atoms with Crippen LogP contribution in [-0.4, -0.2) is 22.2 Å². The Balaban J connectivity index is 3.37. The molecule has 0 fully saturated rings.